The Hall–Kier alpha value is -3.24. The lowest BCUT2D eigenvalue weighted by atomic mass is 9.94. The van der Waals surface area contributed by atoms with Crippen molar-refractivity contribution in [2.24, 2.45) is 23.7 Å². The number of piperidine rings is 1. The van der Waals surface area contributed by atoms with Crippen molar-refractivity contribution in [2.75, 3.05) is 12.4 Å². The molecule has 7 atom stereocenters. The summed E-state index contributed by atoms with van der Waals surface area (Å²) in [7, 11) is 1.78. The largest absolute Gasteiger partial charge is 0.388 e. The zero-order valence-electron chi connectivity index (χ0n) is 18.7. The molecule has 6 unspecified atom stereocenters. The summed E-state index contributed by atoms with van der Waals surface area (Å²) in [6.45, 7) is 2.25. The summed E-state index contributed by atoms with van der Waals surface area (Å²) in [4.78, 5) is 12.9. The molecule has 1 aliphatic heterocycles. The highest BCUT2D eigenvalue weighted by atomic mass is 19.1. The van der Waals surface area contributed by atoms with Crippen LogP contribution in [0.2, 0.25) is 0 Å². The molecule has 1 saturated heterocycles. The molecule has 0 aromatic heterocycles. The summed E-state index contributed by atoms with van der Waals surface area (Å²) in [6.07, 6.45) is 2.43. The van der Waals surface area contributed by atoms with Crippen molar-refractivity contribution in [2.45, 2.75) is 37.9 Å². The van der Waals surface area contributed by atoms with E-state index in [9.17, 15) is 14.4 Å². The third-order valence-electron chi connectivity index (χ3n) is 7.87. The number of nitrogens with one attached hydrogen (secondary N) is 4. The van der Waals surface area contributed by atoms with Gasteiger partial charge in [0.1, 0.15) is 11.9 Å². The molecule has 6 nitrogen and oxygen atoms in total. The lowest BCUT2D eigenvalue weighted by Gasteiger charge is -2.23. The molecular formula is C26H28FN5O. The van der Waals surface area contributed by atoms with E-state index >= 15 is 0 Å². The van der Waals surface area contributed by atoms with Gasteiger partial charge in [0.15, 0.2) is 0 Å². The predicted molar refractivity (Wildman–Crippen MR) is 125 cm³/mol. The second-order valence-corrected chi connectivity index (χ2v) is 9.56. The topological polar surface area (TPSA) is 101 Å². The highest BCUT2D eigenvalue weighted by molar-refractivity contribution is 5.88. The quantitative estimate of drug-likeness (QED) is 0.491. The number of halogens is 1. The molecule has 0 spiro atoms. The average molecular weight is 446 g/mol. The first kappa shape index (κ1) is 21.6. The van der Waals surface area contributed by atoms with Crippen molar-refractivity contribution in [1.29, 1.82) is 10.7 Å². The van der Waals surface area contributed by atoms with Crippen LogP contribution in [0.1, 0.15) is 24.5 Å². The van der Waals surface area contributed by atoms with Crippen LogP contribution in [0.4, 0.5) is 10.1 Å². The molecule has 0 radical (unpaired) electrons. The van der Waals surface area contributed by atoms with E-state index in [2.05, 4.69) is 28.9 Å². The minimum absolute atomic E-state index is 0.117. The molecule has 1 heterocycles. The number of carbonyl (C=O) groups is 1. The van der Waals surface area contributed by atoms with Crippen LogP contribution in [-0.4, -0.2) is 37.3 Å². The Labute approximate surface area is 193 Å². The first-order chi connectivity index (χ1) is 15.9. The van der Waals surface area contributed by atoms with E-state index in [1.165, 1.54) is 12.3 Å². The molecule has 2 aliphatic carbocycles. The van der Waals surface area contributed by atoms with Crippen LogP contribution >= 0.6 is 0 Å². The first-order valence-corrected chi connectivity index (χ1v) is 11.5. The van der Waals surface area contributed by atoms with Crippen LogP contribution in [0, 0.1) is 46.2 Å². The van der Waals surface area contributed by atoms with Crippen LogP contribution in [0.5, 0.6) is 0 Å². The highest BCUT2D eigenvalue weighted by Gasteiger charge is 2.67. The number of benzene rings is 2. The summed E-state index contributed by atoms with van der Waals surface area (Å²) in [5.74, 6) is 1.83. The van der Waals surface area contributed by atoms with Crippen LogP contribution < -0.4 is 16.0 Å². The van der Waals surface area contributed by atoms with E-state index in [-0.39, 0.29) is 18.4 Å². The number of rotatable bonds is 7. The molecule has 2 aromatic rings. The smallest absolute Gasteiger partial charge is 0.238 e. The third-order valence-corrected chi connectivity index (χ3v) is 7.87. The number of fused-ring (bicyclic) bond motifs is 5. The monoisotopic (exact) mass is 445 g/mol. The lowest BCUT2D eigenvalue weighted by molar-refractivity contribution is -0.124. The summed E-state index contributed by atoms with van der Waals surface area (Å²) in [5.41, 5.74) is 3.48. The van der Waals surface area contributed by atoms with Gasteiger partial charge in [-0.15, -0.1) is 0 Å². The molecule has 33 heavy (non-hydrogen) atoms. The zero-order valence-corrected chi connectivity index (χ0v) is 18.7. The molecule has 3 fully saturated rings. The van der Waals surface area contributed by atoms with Crippen molar-refractivity contribution >= 4 is 17.8 Å². The van der Waals surface area contributed by atoms with Crippen molar-refractivity contribution < 1.29 is 9.18 Å². The van der Waals surface area contributed by atoms with Crippen molar-refractivity contribution in [3.05, 3.63) is 53.3 Å². The van der Waals surface area contributed by atoms with Gasteiger partial charge in [-0.2, -0.15) is 5.26 Å². The first-order valence-electron chi connectivity index (χ1n) is 11.5. The molecular weight excluding hydrogens is 417 g/mol. The van der Waals surface area contributed by atoms with Crippen LogP contribution in [0.25, 0.3) is 11.1 Å². The van der Waals surface area contributed by atoms with Gasteiger partial charge in [-0.25, -0.2) is 4.39 Å². The number of anilines is 1. The van der Waals surface area contributed by atoms with E-state index in [1.54, 1.807) is 13.1 Å². The van der Waals surface area contributed by atoms with Gasteiger partial charge in [-0.05, 0) is 58.9 Å². The fourth-order valence-electron chi connectivity index (χ4n) is 6.19. The van der Waals surface area contributed by atoms with Crippen LogP contribution in [0.15, 0.2) is 36.4 Å². The van der Waals surface area contributed by atoms with Crippen molar-refractivity contribution in [3.63, 3.8) is 0 Å². The Morgan fingerprint density at radius 1 is 1.30 bits per heavy atom. The van der Waals surface area contributed by atoms with Crippen LogP contribution in [0.3, 0.4) is 0 Å². The second-order valence-electron chi connectivity index (χ2n) is 9.56. The van der Waals surface area contributed by atoms with Gasteiger partial charge in [0.25, 0.3) is 0 Å². The maximum absolute atomic E-state index is 14.9. The zero-order chi connectivity index (χ0) is 23.3. The Morgan fingerprint density at radius 2 is 2.06 bits per heavy atom. The number of amides is 1. The average Bonchev–Trinajstić information content (AvgIpc) is 3.17. The molecule has 7 heteroatoms. The van der Waals surface area contributed by atoms with Gasteiger partial charge < -0.3 is 21.4 Å². The molecule has 2 bridgehead atoms. The summed E-state index contributed by atoms with van der Waals surface area (Å²) in [6, 6.07) is 12.0. The second kappa shape index (κ2) is 8.27. The van der Waals surface area contributed by atoms with E-state index in [0.717, 1.165) is 23.2 Å². The third kappa shape index (κ3) is 3.68. The Morgan fingerprint density at radius 3 is 2.73 bits per heavy atom. The highest BCUT2D eigenvalue weighted by Crippen LogP contribution is 2.64. The van der Waals surface area contributed by atoms with Gasteiger partial charge in [0, 0.05) is 37.0 Å². The molecule has 170 valence electrons. The fourth-order valence-corrected chi connectivity index (χ4v) is 6.19. The minimum atomic E-state index is -0.783. The SMILES string of the molecule is CNc1cc(-c2ccc(C[C@@H](C#N)NC(=O)C3NC4CC3C3C(C)C43)c(F)c2)ccc1C=N. The number of nitrogens with zero attached hydrogens (tertiary/aromatic N) is 1. The molecule has 2 saturated carbocycles. The van der Waals surface area contributed by atoms with Crippen molar-refractivity contribution in [1.82, 2.24) is 10.6 Å². The number of carbonyl (C=O) groups excluding carboxylic acids is 1. The van der Waals surface area contributed by atoms with Gasteiger partial charge >= 0.3 is 0 Å². The van der Waals surface area contributed by atoms with E-state index in [0.29, 0.717) is 40.8 Å². The number of nitriles is 1. The lowest BCUT2D eigenvalue weighted by Crippen LogP contribution is -2.51. The fraction of sp³-hybridized carbons (Fsp3) is 0.423. The summed E-state index contributed by atoms with van der Waals surface area (Å²) >= 11 is 0. The van der Waals surface area contributed by atoms with E-state index in [4.69, 9.17) is 5.41 Å². The van der Waals surface area contributed by atoms with E-state index in [1.807, 2.05) is 24.3 Å². The molecule has 1 amide bonds. The van der Waals surface area contributed by atoms with Gasteiger partial charge in [-0.3, -0.25) is 4.79 Å². The predicted octanol–water partition coefficient (Wildman–Crippen LogP) is 3.33. The van der Waals surface area contributed by atoms with E-state index < -0.39 is 11.9 Å². The molecule has 4 N–H and O–H groups in total. The molecule has 2 aromatic carbocycles. The summed E-state index contributed by atoms with van der Waals surface area (Å²) in [5, 5.41) is 26.4. The maximum Gasteiger partial charge on any atom is 0.238 e. The van der Waals surface area contributed by atoms with Crippen molar-refractivity contribution in [3.8, 4) is 17.2 Å². The standard InChI is InChI=1S/C26H28FN5O/c1-13-23-19-10-22(24(13)23)32-25(19)26(33)31-18(12-29)7-16-5-3-14(8-20(16)27)15-4-6-17(11-28)21(9-15)30-2/h3-6,8-9,11,13,18-19,22-25,28,30,32H,7,10H2,1-2H3,(H,31,33)/t13?,18-,19?,22?,23?,24?,25?/m0/s1. The van der Waals surface area contributed by atoms with Gasteiger partial charge in [-0.1, -0.05) is 31.2 Å². The Kier molecular flexibility index (Phi) is 5.41. The number of hydrogen-bond acceptors (Lipinski definition) is 5. The van der Waals surface area contributed by atoms with Gasteiger partial charge in [0.2, 0.25) is 5.91 Å². The number of hydrogen-bond donors (Lipinski definition) is 4. The van der Waals surface area contributed by atoms with Gasteiger partial charge in [0.05, 0.1) is 12.1 Å². The summed E-state index contributed by atoms with van der Waals surface area (Å²) < 4.78 is 14.9. The maximum atomic E-state index is 14.9. The Balaban J connectivity index is 1.26. The minimum Gasteiger partial charge on any atom is -0.388 e. The molecule has 3 aliphatic rings. The Bertz CT molecular complexity index is 1160. The normalized spacial score (nSPS) is 29.6. The van der Waals surface area contributed by atoms with Crippen LogP contribution in [-0.2, 0) is 11.2 Å². The molecule has 5 rings (SSSR count).